The number of nitrogens with zero attached hydrogens (tertiary/aromatic N) is 2. The third-order valence-corrected chi connectivity index (χ3v) is 6.84. The highest BCUT2D eigenvalue weighted by Crippen LogP contribution is 2.49. The molecule has 1 saturated heterocycles. The fourth-order valence-electron chi connectivity index (χ4n) is 4.38. The number of benzene rings is 3. The van der Waals surface area contributed by atoms with Crippen molar-refractivity contribution < 1.29 is 14.4 Å². The van der Waals surface area contributed by atoms with E-state index < -0.39 is 11.8 Å². The van der Waals surface area contributed by atoms with Crippen molar-refractivity contribution in [1.82, 2.24) is 15.5 Å². The lowest BCUT2D eigenvalue weighted by Gasteiger charge is -2.34. The van der Waals surface area contributed by atoms with Gasteiger partial charge in [-0.1, -0.05) is 73.7 Å². The average molecular weight is 483 g/mol. The van der Waals surface area contributed by atoms with Crippen molar-refractivity contribution in [3.8, 4) is 6.19 Å². The van der Waals surface area contributed by atoms with E-state index in [0.717, 1.165) is 0 Å². The van der Waals surface area contributed by atoms with Crippen LogP contribution < -0.4 is 10.6 Å². The van der Waals surface area contributed by atoms with Crippen LogP contribution in [-0.2, 0) is 21.5 Å². The van der Waals surface area contributed by atoms with E-state index in [4.69, 9.17) is 5.26 Å². The smallest absolute Gasteiger partial charge is 0.309 e. The summed E-state index contributed by atoms with van der Waals surface area (Å²) in [6, 6.07) is 22.1. The Balaban J connectivity index is 0.000000185. The fraction of sp³-hybridized carbons (Fsp3) is 0.310. The monoisotopic (exact) mass is 482 g/mol. The van der Waals surface area contributed by atoms with Crippen LogP contribution in [0.1, 0.15) is 48.2 Å². The van der Waals surface area contributed by atoms with E-state index in [1.54, 1.807) is 24.3 Å². The Morgan fingerprint density at radius 1 is 0.972 bits per heavy atom. The lowest BCUT2D eigenvalue weighted by Crippen LogP contribution is -2.59. The first kappa shape index (κ1) is 24.9. The molecule has 7 heteroatoms. The van der Waals surface area contributed by atoms with Gasteiger partial charge in [0.25, 0.3) is 0 Å². The third kappa shape index (κ3) is 5.72. The molecule has 7 nitrogen and oxygen atoms in total. The summed E-state index contributed by atoms with van der Waals surface area (Å²) in [6.07, 6.45) is 4.64. The van der Waals surface area contributed by atoms with Gasteiger partial charge in [-0.3, -0.25) is 14.4 Å². The quantitative estimate of drug-likeness (QED) is 0.328. The van der Waals surface area contributed by atoms with Crippen LogP contribution in [0, 0.1) is 11.5 Å². The molecule has 1 aliphatic carbocycles. The Hall–Kier alpha value is -4.18. The van der Waals surface area contributed by atoms with Gasteiger partial charge in [-0.2, -0.15) is 5.26 Å². The van der Waals surface area contributed by atoms with Crippen molar-refractivity contribution in [2.45, 2.75) is 44.7 Å². The lowest BCUT2D eigenvalue weighted by molar-refractivity contribution is -0.140. The predicted molar refractivity (Wildman–Crippen MR) is 138 cm³/mol. The van der Waals surface area contributed by atoms with Crippen molar-refractivity contribution in [2.75, 3.05) is 13.1 Å². The van der Waals surface area contributed by atoms with Crippen molar-refractivity contribution in [2.24, 2.45) is 0 Å². The van der Waals surface area contributed by atoms with Crippen molar-refractivity contribution in [1.29, 1.82) is 5.26 Å². The van der Waals surface area contributed by atoms with E-state index >= 15 is 0 Å². The van der Waals surface area contributed by atoms with Crippen LogP contribution in [0.25, 0.3) is 10.8 Å². The minimum Gasteiger partial charge on any atom is -0.344 e. The first-order valence-electron chi connectivity index (χ1n) is 12.1. The summed E-state index contributed by atoms with van der Waals surface area (Å²) in [6.45, 7) is 4.77. The Morgan fingerprint density at radius 2 is 1.64 bits per heavy atom. The number of hydrogen-bond donors (Lipinski definition) is 2. The summed E-state index contributed by atoms with van der Waals surface area (Å²) in [5.41, 5.74) is 3.19. The van der Waals surface area contributed by atoms with E-state index in [0.29, 0.717) is 29.6 Å². The Labute approximate surface area is 211 Å². The van der Waals surface area contributed by atoms with Gasteiger partial charge in [-0.25, -0.2) is 0 Å². The van der Waals surface area contributed by atoms with Gasteiger partial charge in [0.15, 0.2) is 12.0 Å². The molecule has 1 saturated carbocycles. The van der Waals surface area contributed by atoms with Crippen LogP contribution in [0.15, 0.2) is 66.7 Å². The van der Waals surface area contributed by atoms with Crippen LogP contribution >= 0.6 is 0 Å². The topological polar surface area (TPSA) is 102 Å². The van der Waals surface area contributed by atoms with E-state index in [9.17, 15) is 14.4 Å². The molecule has 0 aromatic heterocycles. The Kier molecular flexibility index (Phi) is 7.35. The number of amides is 2. The van der Waals surface area contributed by atoms with Gasteiger partial charge in [0.2, 0.25) is 0 Å². The molecule has 1 aliphatic heterocycles. The van der Waals surface area contributed by atoms with Gasteiger partial charge in [0, 0.05) is 12.1 Å². The molecule has 0 bridgehead atoms. The minimum atomic E-state index is -0.756. The first-order chi connectivity index (χ1) is 17.3. The number of nitriles is 1. The summed E-state index contributed by atoms with van der Waals surface area (Å²) < 4.78 is 0. The maximum absolute atomic E-state index is 11.7. The average Bonchev–Trinajstić information content (AvgIpc) is 3.62. The molecule has 2 N–H and O–H groups in total. The molecule has 0 atom stereocenters. The van der Waals surface area contributed by atoms with Crippen LogP contribution in [0.3, 0.4) is 0 Å². The number of carbonyl (C=O) groups is 3. The number of likely N-dealkylation sites (tertiary alicyclic amines) is 1. The molecule has 3 aromatic carbocycles. The summed E-state index contributed by atoms with van der Waals surface area (Å²) >= 11 is 0. The first-order valence-corrected chi connectivity index (χ1v) is 12.1. The van der Waals surface area contributed by atoms with Gasteiger partial charge in [-0.15, -0.1) is 0 Å². The third-order valence-electron chi connectivity index (χ3n) is 6.84. The largest absolute Gasteiger partial charge is 0.344 e. The van der Waals surface area contributed by atoms with E-state index in [-0.39, 0.29) is 18.4 Å². The zero-order valence-electron chi connectivity index (χ0n) is 20.6. The number of carbonyl (C=O) groups excluding carboxylic acids is 3. The van der Waals surface area contributed by atoms with E-state index in [1.807, 2.05) is 6.19 Å². The zero-order chi connectivity index (χ0) is 25.7. The molecule has 2 fully saturated rings. The van der Waals surface area contributed by atoms with E-state index in [2.05, 4.69) is 60.0 Å². The second-order valence-electron chi connectivity index (χ2n) is 9.66. The predicted octanol–water partition coefficient (Wildman–Crippen LogP) is 3.68. The van der Waals surface area contributed by atoms with Gasteiger partial charge < -0.3 is 15.5 Å². The number of hydrogen-bond acceptors (Lipinski definition) is 5. The van der Waals surface area contributed by atoms with Crippen molar-refractivity contribution in [3.63, 3.8) is 0 Å². The summed E-state index contributed by atoms with van der Waals surface area (Å²) in [4.78, 5) is 36.4. The molecule has 2 amide bonds. The number of ketones is 1. The molecule has 5 rings (SSSR count). The Morgan fingerprint density at radius 3 is 2.33 bits per heavy atom. The van der Waals surface area contributed by atoms with Gasteiger partial charge in [-0.05, 0) is 47.1 Å². The second kappa shape index (κ2) is 10.6. The molecule has 0 spiro atoms. The SMILES string of the molecule is CC(=O)c1ccccc1CNC(=O)C(=O)NC1CN(C#N)C1.CC1(c2cccc3ccccc23)CC1. The summed E-state index contributed by atoms with van der Waals surface area (Å²) in [5, 5.41) is 16.4. The number of rotatable bonds is 5. The highest BCUT2D eigenvalue weighted by atomic mass is 16.2. The van der Waals surface area contributed by atoms with Gasteiger partial charge >= 0.3 is 11.8 Å². The zero-order valence-corrected chi connectivity index (χ0v) is 20.6. The van der Waals surface area contributed by atoms with Crippen LogP contribution in [-0.4, -0.2) is 41.6 Å². The molecule has 3 aromatic rings. The highest BCUT2D eigenvalue weighted by molar-refractivity contribution is 6.35. The van der Waals surface area contributed by atoms with Crippen LogP contribution in [0.2, 0.25) is 0 Å². The number of nitrogens with one attached hydrogen (secondary N) is 2. The lowest BCUT2D eigenvalue weighted by atomic mass is 9.93. The van der Waals surface area contributed by atoms with Gasteiger partial charge in [0.05, 0.1) is 19.1 Å². The summed E-state index contributed by atoms with van der Waals surface area (Å²) in [5.74, 6) is -1.59. The highest BCUT2D eigenvalue weighted by Gasteiger charge is 2.39. The molecular formula is C29H30N4O3. The standard InChI is InChI=1S/C15H16N4O3.C14H14/c1-10(20)13-5-3-2-4-11(13)6-17-14(21)15(22)18-12-7-19(8-12)9-16;1-14(9-10-14)13-8-4-6-11-5-2-3-7-12(11)13/h2-5,12H,6-8H2,1H3,(H,17,21)(H,18,22);2-8H,9-10H2,1H3. The van der Waals surface area contributed by atoms with E-state index in [1.165, 1.54) is 41.0 Å². The van der Waals surface area contributed by atoms with Crippen molar-refractivity contribution >= 4 is 28.4 Å². The van der Waals surface area contributed by atoms with Gasteiger partial charge in [0.1, 0.15) is 0 Å². The normalized spacial score (nSPS) is 15.5. The molecule has 0 radical (unpaired) electrons. The van der Waals surface area contributed by atoms with Crippen LogP contribution in [0.4, 0.5) is 0 Å². The minimum absolute atomic E-state index is 0.0969. The maximum atomic E-state index is 11.7. The Bertz CT molecular complexity index is 1330. The van der Waals surface area contributed by atoms with Crippen LogP contribution in [0.5, 0.6) is 0 Å². The molecule has 0 unspecified atom stereocenters. The fourth-order valence-corrected chi connectivity index (χ4v) is 4.38. The molecule has 1 heterocycles. The number of fused-ring (bicyclic) bond motifs is 1. The number of Topliss-reactive ketones (excluding diaryl/α,β-unsaturated/α-hetero) is 1. The second-order valence-corrected chi connectivity index (χ2v) is 9.66. The molecule has 36 heavy (non-hydrogen) atoms. The molecular weight excluding hydrogens is 452 g/mol. The summed E-state index contributed by atoms with van der Waals surface area (Å²) in [7, 11) is 0. The molecule has 2 aliphatic rings. The van der Waals surface area contributed by atoms with Crippen molar-refractivity contribution in [3.05, 3.63) is 83.4 Å². The molecule has 184 valence electrons. The maximum Gasteiger partial charge on any atom is 0.309 e.